The van der Waals surface area contributed by atoms with Crippen molar-refractivity contribution < 1.29 is 9.59 Å². The third kappa shape index (κ3) is 8.90. The smallest absolute Gasteiger partial charge is 0.323 e. The van der Waals surface area contributed by atoms with Crippen LogP contribution in [0.5, 0.6) is 0 Å². The minimum Gasteiger partial charge on any atom is -0.368 e. The fourth-order valence-corrected chi connectivity index (χ4v) is 5.93. The zero-order chi connectivity index (χ0) is 35.5. The van der Waals surface area contributed by atoms with Crippen molar-refractivity contribution in [2.75, 3.05) is 73.6 Å². The minimum absolute atomic E-state index is 0.290. The maximum absolute atomic E-state index is 12.3. The molecule has 14 heteroatoms. The highest BCUT2D eigenvalue weighted by atomic mass is 16.2. The Morgan fingerprint density at radius 1 is 0.404 bits per heavy atom. The molecule has 14 nitrogen and oxygen atoms in total. The molecule has 8 N–H and O–H groups in total. The lowest BCUT2D eigenvalue weighted by Gasteiger charge is -2.10. The molecule has 4 amide bonds. The number of nitrogens with zero attached hydrogens (tertiary/aromatic N) is 4. The van der Waals surface area contributed by atoms with Crippen molar-refractivity contribution in [2.45, 2.75) is 0 Å². The molecule has 0 saturated heterocycles. The number of hydrogen-bond donors (Lipinski definition) is 8. The monoisotopic (exact) mass is 696 g/mol. The van der Waals surface area contributed by atoms with Gasteiger partial charge in [0.15, 0.2) is 0 Å². The number of rotatable bonds is 8. The Morgan fingerprint density at radius 2 is 0.654 bits per heavy atom. The van der Waals surface area contributed by atoms with Gasteiger partial charge in [-0.05, 0) is 48.5 Å². The van der Waals surface area contributed by atoms with Gasteiger partial charge in [-0.3, -0.25) is 20.0 Å². The number of carbonyl (C=O) groups excluding carboxylic acids is 2. The molecule has 8 rings (SSSR count). The van der Waals surface area contributed by atoms with Crippen LogP contribution in [0.2, 0.25) is 0 Å². The first-order valence-corrected chi connectivity index (χ1v) is 17.3. The van der Waals surface area contributed by atoms with E-state index in [1.807, 2.05) is 97.1 Å². The van der Waals surface area contributed by atoms with Gasteiger partial charge < -0.3 is 42.5 Å². The van der Waals surface area contributed by atoms with Crippen molar-refractivity contribution in [3.8, 4) is 0 Å². The molecule has 0 spiro atoms. The van der Waals surface area contributed by atoms with E-state index in [4.69, 9.17) is 0 Å². The molecule has 0 saturated carbocycles. The average Bonchev–Trinajstić information content (AvgIpc) is 4.01. The van der Waals surface area contributed by atoms with Gasteiger partial charge in [-0.1, -0.05) is 48.5 Å². The van der Waals surface area contributed by atoms with Crippen molar-refractivity contribution in [1.29, 1.82) is 0 Å². The maximum Gasteiger partial charge on any atom is 0.323 e. The Balaban J connectivity index is 0.000000162. The van der Waals surface area contributed by atoms with Crippen molar-refractivity contribution in [3.63, 3.8) is 0 Å². The SMILES string of the molecule is O=C(Nc1cccc(C2=NCCN2)c1)Nc1cccc(C2=NCCN2)c1.O=C(Nc1cccc(C2=NCCN2)c1)Nc1cccc(C2=NCCN2)c1. The van der Waals surface area contributed by atoms with Crippen molar-refractivity contribution in [2.24, 2.45) is 20.0 Å². The molecule has 0 aliphatic carbocycles. The molecule has 4 aromatic rings. The summed E-state index contributed by atoms with van der Waals surface area (Å²) in [6.45, 7) is 6.53. The third-order valence-corrected chi connectivity index (χ3v) is 8.27. The van der Waals surface area contributed by atoms with E-state index in [1.165, 1.54) is 0 Å². The Labute approximate surface area is 301 Å². The van der Waals surface area contributed by atoms with Gasteiger partial charge in [0.2, 0.25) is 0 Å². The summed E-state index contributed by atoms with van der Waals surface area (Å²) in [4.78, 5) is 42.3. The van der Waals surface area contributed by atoms with Crippen molar-refractivity contribution in [3.05, 3.63) is 119 Å². The number of nitrogens with one attached hydrogen (secondary N) is 8. The van der Waals surface area contributed by atoms with Crippen LogP contribution in [-0.2, 0) is 0 Å². The summed E-state index contributed by atoms with van der Waals surface area (Å²) in [7, 11) is 0. The fraction of sp³-hybridized carbons (Fsp3) is 0.211. The first kappa shape index (κ1) is 33.8. The van der Waals surface area contributed by atoms with Gasteiger partial charge in [0.05, 0.1) is 26.2 Å². The first-order valence-electron chi connectivity index (χ1n) is 17.3. The third-order valence-electron chi connectivity index (χ3n) is 8.27. The highest BCUT2D eigenvalue weighted by molar-refractivity contribution is 6.06. The van der Waals surface area contributed by atoms with Crippen LogP contribution >= 0.6 is 0 Å². The lowest BCUT2D eigenvalue weighted by Crippen LogP contribution is -2.22. The number of amides is 4. The maximum atomic E-state index is 12.3. The van der Waals surface area contributed by atoms with E-state index >= 15 is 0 Å². The van der Waals surface area contributed by atoms with Gasteiger partial charge in [-0.25, -0.2) is 9.59 Å². The molecule has 0 fully saturated rings. The molecule has 4 heterocycles. The fourth-order valence-electron chi connectivity index (χ4n) is 5.93. The van der Waals surface area contributed by atoms with Crippen LogP contribution in [0.4, 0.5) is 32.3 Å². The summed E-state index contributed by atoms with van der Waals surface area (Å²) in [6, 6.07) is 30.0. The molecule has 0 unspecified atom stereocenters. The van der Waals surface area contributed by atoms with Crippen LogP contribution < -0.4 is 42.5 Å². The number of hydrogen-bond acceptors (Lipinski definition) is 10. The summed E-state index contributed by atoms with van der Waals surface area (Å²) in [6.07, 6.45) is 0. The van der Waals surface area contributed by atoms with Crippen molar-refractivity contribution in [1.82, 2.24) is 21.3 Å². The van der Waals surface area contributed by atoms with Gasteiger partial charge in [0, 0.05) is 71.2 Å². The predicted molar refractivity (Wildman–Crippen MR) is 209 cm³/mol. The molecule has 52 heavy (non-hydrogen) atoms. The molecule has 4 aliphatic rings. The molecule has 4 aromatic carbocycles. The van der Waals surface area contributed by atoms with Crippen LogP contribution in [0.1, 0.15) is 22.3 Å². The van der Waals surface area contributed by atoms with E-state index in [0.717, 1.165) is 121 Å². The van der Waals surface area contributed by atoms with E-state index < -0.39 is 0 Å². The molecule has 0 bridgehead atoms. The Morgan fingerprint density at radius 3 is 0.865 bits per heavy atom. The molecule has 4 aliphatic heterocycles. The number of urea groups is 2. The molecular formula is C38H40N12O2. The van der Waals surface area contributed by atoms with Gasteiger partial charge in [0.25, 0.3) is 0 Å². The van der Waals surface area contributed by atoms with Gasteiger partial charge in [0.1, 0.15) is 23.3 Å². The standard InChI is InChI=1S/2C19H20N6O/c2*26-19(24-15-5-1-3-13(11-15)17-20-7-8-21-17)25-16-6-2-4-14(12-16)18-22-9-10-23-18/h2*1-6,11-12H,7-10H2,(H,20,21)(H,22,23)(H2,24,25,26). The molecular weight excluding hydrogens is 656 g/mol. The lowest BCUT2D eigenvalue weighted by atomic mass is 10.2. The van der Waals surface area contributed by atoms with Crippen LogP contribution in [-0.4, -0.2) is 87.8 Å². The van der Waals surface area contributed by atoms with Gasteiger partial charge in [-0.2, -0.15) is 0 Å². The summed E-state index contributed by atoms with van der Waals surface area (Å²) < 4.78 is 0. The van der Waals surface area contributed by atoms with E-state index in [2.05, 4.69) is 62.5 Å². The highest BCUT2D eigenvalue weighted by Gasteiger charge is 2.13. The second-order valence-corrected chi connectivity index (χ2v) is 12.1. The zero-order valence-corrected chi connectivity index (χ0v) is 28.5. The summed E-state index contributed by atoms with van der Waals surface area (Å²) >= 11 is 0. The summed E-state index contributed by atoms with van der Waals surface area (Å²) in [5.74, 6) is 3.47. The quantitative estimate of drug-likeness (QED) is 0.138. The first-order chi connectivity index (χ1) is 25.6. The van der Waals surface area contributed by atoms with Gasteiger partial charge >= 0.3 is 12.1 Å². The lowest BCUT2D eigenvalue weighted by molar-refractivity contribution is 0.261. The van der Waals surface area contributed by atoms with E-state index in [0.29, 0.717) is 0 Å². The molecule has 264 valence electrons. The Kier molecular flexibility index (Phi) is 10.6. The zero-order valence-electron chi connectivity index (χ0n) is 28.5. The number of carbonyl (C=O) groups is 2. The molecule has 0 aromatic heterocycles. The van der Waals surface area contributed by atoms with Crippen molar-refractivity contribution >= 4 is 58.2 Å². The summed E-state index contributed by atoms with van der Waals surface area (Å²) in [5.41, 5.74) is 6.73. The average molecular weight is 697 g/mol. The van der Waals surface area contributed by atoms with Crippen LogP contribution in [0.15, 0.2) is 117 Å². The number of benzene rings is 4. The highest BCUT2D eigenvalue weighted by Crippen LogP contribution is 2.17. The normalized spacial score (nSPS) is 15.5. The van der Waals surface area contributed by atoms with E-state index in [9.17, 15) is 9.59 Å². The minimum atomic E-state index is -0.290. The second kappa shape index (κ2) is 16.3. The Hall–Kier alpha value is -6.70. The second-order valence-electron chi connectivity index (χ2n) is 12.1. The topological polar surface area (TPSA) is 180 Å². The van der Waals surface area contributed by atoms with Crippen LogP contribution in [0.25, 0.3) is 0 Å². The van der Waals surface area contributed by atoms with Crippen LogP contribution in [0.3, 0.4) is 0 Å². The van der Waals surface area contributed by atoms with Gasteiger partial charge in [-0.15, -0.1) is 0 Å². The molecule has 0 atom stereocenters. The predicted octanol–water partition coefficient (Wildman–Crippen LogP) is 4.06. The Bertz CT molecular complexity index is 1780. The number of amidine groups is 4. The van der Waals surface area contributed by atoms with E-state index in [-0.39, 0.29) is 12.1 Å². The largest absolute Gasteiger partial charge is 0.368 e. The molecule has 0 radical (unpaired) electrons. The number of anilines is 4. The van der Waals surface area contributed by atoms with Crippen LogP contribution in [0, 0.1) is 0 Å². The summed E-state index contributed by atoms with van der Waals surface area (Å²) in [5, 5.41) is 24.4. The van der Waals surface area contributed by atoms with E-state index in [1.54, 1.807) is 0 Å². The number of aliphatic imine (C=N–C) groups is 4.